The van der Waals surface area contributed by atoms with E-state index in [1.54, 1.807) is 13.2 Å². The zero-order chi connectivity index (χ0) is 15.6. The van der Waals surface area contributed by atoms with Crippen molar-refractivity contribution in [3.8, 4) is 11.5 Å². The molecular formula is C17H26O4. The minimum absolute atomic E-state index is 0.0295. The maximum atomic E-state index is 10.2. The highest BCUT2D eigenvalue weighted by Gasteiger charge is 2.47. The SMILES string of the molecule is COCOc1cc([C@H](C)CC[C@@H]2OC2(C)C)c(O)cc1C. The number of aromatic hydroxyl groups is 1. The molecular weight excluding hydrogens is 268 g/mol. The van der Waals surface area contributed by atoms with Crippen LogP contribution >= 0.6 is 0 Å². The number of benzene rings is 1. The van der Waals surface area contributed by atoms with E-state index in [2.05, 4.69) is 20.8 Å². The van der Waals surface area contributed by atoms with Crippen molar-refractivity contribution in [2.45, 2.75) is 58.2 Å². The Morgan fingerprint density at radius 2 is 2.05 bits per heavy atom. The van der Waals surface area contributed by atoms with E-state index in [0.717, 1.165) is 29.7 Å². The molecule has 1 fully saturated rings. The van der Waals surface area contributed by atoms with E-state index >= 15 is 0 Å². The van der Waals surface area contributed by atoms with E-state index in [9.17, 15) is 5.11 Å². The van der Waals surface area contributed by atoms with Gasteiger partial charge in [0.25, 0.3) is 0 Å². The first-order valence-corrected chi connectivity index (χ1v) is 7.48. The Hall–Kier alpha value is -1.26. The van der Waals surface area contributed by atoms with Gasteiger partial charge in [-0.15, -0.1) is 0 Å². The van der Waals surface area contributed by atoms with Crippen LogP contribution in [-0.4, -0.2) is 30.7 Å². The van der Waals surface area contributed by atoms with Crippen molar-refractivity contribution in [1.82, 2.24) is 0 Å². The van der Waals surface area contributed by atoms with Gasteiger partial charge < -0.3 is 19.3 Å². The molecule has 1 aliphatic heterocycles. The van der Waals surface area contributed by atoms with Crippen LogP contribution in [0.25, 0.3) is 0 Å². The maximum absolute atomic E-state index is 10.2. The minimum atomic E-state index is 0.0295. The number of phenols is 1. The Bertz CT molecular complexity index is 496. The van der Waals surface area contributed by atoms with Crippen LogP contribution in [0.15, 0.2) is 12.1 Å². The van der Waals surface area contributed by atoms with Crippen LogP contribution in [0.5, 0.6) is 11.5 Å². The summed E-state index contributed by atoms with van der Waals surface area (Å²) in [6.45, 7) is 8.48. The van der Waals surface area contributed by atoms with Gasteiger partial charge in [0.15, 0.2) is 6.79 Å². The average molecular weight is 294 g/mol. The molecule has 1 N–H and O–H groups in total. The molecule has 0 aromatic heterocycles. The van der Waals surface area contributed by atoms with Gasteiger partial charge in [0, 0.05) is 12.7 Å². The van der Waals surface area contributed by atoms with E-state index < -0.39 is 0 Å². The lowest BCUT2D eigenvalue weighted by atomic mass is 9.92. The molecule has 21 heavy (non-hydrogen) atoms. The molecule has 0 aliphatic carbocycles. The number of aryl methyl sites for hydroxylation is 1. The summed E-state index contributed by atoms with van der Waals surface area (Å²) in [6, 6.07) is 3.68. The van der Waals surface area contributed by atoms with Crippen molar-refractivity contribution in [2.75, 3.05) is 13.9 Å². The fraction of sp³-hybridized carbons (Fsp3) is 0.647. The lowest BCUT2D eigenvalue weighted by Crippen LogP contribution is -2.05. The highest BCUT2D eigenvalue weighted by molar-refractivity contribution is 5.46. The Kier molecular flexibility index (Phi) is 4.79. The van der Waals surface area contributed by atoms with Crippen LogP contribution in [0.1, 0.15) is 50.7 Å². The zero-order valence-electron chi connectivity index (χ0n) is 13.6. The number of ether oxygens (including phenoxy) is 3. The summed E-state index contributed by atoms with van der Waals surface area (Å²) in [5, 5.41) is 10.2. The van der Waals surface area contributed by atoms with E-state index in [1.807, 2.05) is 13.0 Å². The summed E-state index contributed by atoms with van der Waals surface area (Å²) in [6.07, 6.45) is 2.33. The summed E-state index contributed by atoms with van der Waals surface area (Å²) in [4.78, 5) is 0. The molecule has 2 atom stereocenters. The summed E-state index contributed by atoms with van der Waals surface area (Å²) in [5.74, 6) is 1.36. The molecule has 0 unspecified atom stereocenters. The number of methoxy groups -OCH3 is 1. The fourth-order valence-corrected chi connectivity index (χ4v) is 2.66. The Labute approximate surface area is 127 Å². The highest BCUT2D eigenvalue weighted by atomic mass is 16.7. The first-order chi connectivity index (χ1) is 9.85. The van der Waals surface area contributed by atoms with Crippen molar-refractivity contribution in [1.29, 1.82) is 0 Å². The third-order valence-electron chi connectivity index (χ3n) is 4.21. The molecule has 1 saturated heterocycles. The normalized spacial score (nSPS) is 21.1. The number of hydrogen-bond donors (Lipinski definition) is 1. The largest absolute Gasteiger partial charge is 0.508 e. The predicted octanol–water partition coefficient (Wildman–Crippen LogP) is 3.74. The van der Waals surface area contributed by atoms with Crippen LogP contribution < -0.4 is 4.74 Å². The van der Waals surface area contributed by atoms with Crippen LogP contribution in [0.2, 0.25) is 0 Å². The third-order valence-corrected chi connectivity index (χ3v) is 4.21. The Morgan fingerprint density at radius 1 is 1.38 bits per heavy atom. The summed E-state index contributed by atoms with van der Waals surface area (Å²) >= 11 is 0. The second-order valence-corrected chi connectivity index (χ2v) is 6.42. The molecule has 2 rings (SSSR count). The molecule has 0 radical (unpaired) electrons. The molecule has 1 aromatic carbocycles. The summed E-state index contributed by atoms with van der Waals surface area (Å²) in [5.41, 5.74) is 1.86. The van der Waals surface area contributed by atoms with Gasteiger partial charge >= 0.3 is 0 Å². The molecule has 0 bridgehead atoms. The van der Waals surface area contributed by atoms with E-state index in [0.29, 0.717) is 11.9 Å². The number of phenolic OH excluding ortho intramolecular Hbond substituents is 1. The number of epoxide rings is 1. The smallest absolute Gasteiger partial charge is 0.188 e. The first kappa shape index (κ1) is 16.1. The molecule has 4 heteroatoms. The van der Waals surface area contributed by atoms with Crippen molar-refractivity contribution in [2.24, 2.45) is 0 Å². The van der Waals surface area contributed by atoms with Gasteiger partial charge in [-0.05, 0) is 57.2 Å². The molecule has 1 aromatic rings. The number of hydrogen-bond acceptors (Lipinski definition) is 4. The standard InChI is InChI=1S/C17H26O4/c1-11(6-7-16-17(3,4)21-16)13-9-15(20-10-19-5)12(2)8-14(13)18/h8-9,11,16,18H,6-7,10H2,1-5H3/t11-,16+/m1/s1. The van der Waals surface area contributed by atoms with Gasteiger partial charge in [-0.3, -0.25) is 0 Å². The third kappa shape index (κ3) is 3.89. The molecule has 118 valence electrons. The van der Waals surface area contributed by atoms with Crippen LogP contribution in [-0.2, 0) is 9.47 Å². The second-order valence-electron chi connectivity index (χ2n) is 6.42. The Balaban J connectivity index is 2.03. The topological polar surface area (TPSA) is 51.2 Å². The van der Waals surface area contributed by atoms with E-state index in [-0.39, 0.29) is 18.3 Å². The molecule has 4 nitrogen and oxygen atoms in total. The van der Waals surface area contributed by atoms with Gasteiger partial charge in [0.2, 0.25) is 0 Å². The zero-order valence-corrected chi connectivity index (χ0v) is 13.6. The summed E-state index contributed by atoms with van der Waals surface area (Å²) in [7, 11) is 1.59. The highest BCUT2D eigenvalue weighted by Crippen LogP contribution is 2.41. The molecule has 1 aliphatic rings. The molecule has 0 saturated carbocycles. The Morgan fingerprint density at radius 3 is 2.62 bits per heavy atom. The lowest BCUT2D eigenvalue weighted by molar-refractivity contribution is 0.0505. The molecule has 0 amide bonds. The molecule has 0 spiro atoms. The van der Waals surface area contributed by atoms with Crippen LogP contribution in [0.3, 0.4) is 0 Å². The molecule has 1 heterocycles. The van der Waals surface area contributed by atoms with Gasteiger partial charge in [0.05, 0.1) is 11.7 Å². The fourth-order valence-electron chi connectivity index (χ4n) is 2.66. The first-order valence-electron chi connectivity index (χ1n) is 7.48. The van der Waals surface area contributed by atoms with Crippen molar-refractivity contribution >= 4 is 0 Å². The van der Waals surface area contributed by atoms with Crippen LogP contribution in [0, 0.1) is 6.92 Å². The van der Waals surface area contributed by atoms with E-state index in [4.69, 9.17) is 14.2 Å². The van der Waals surface area contributed by atoms with Gasteiger partial charge in [-0.25, -0.2) is 0 Å². The van der Waals surface area contributed by atoms with E-state index in [1.165, 1.54) is 0 Å². The van der Waals surface area contributed by atoms with Gasteiger partial charge in [-0.2, -0.15) is 0 Å². The van der Waals surface area contributed by atoms with Crippen molar-refractivity contribution in [3.63, 3.8) is 0 Å². The maximum Gasteiger partial charge on any atom is 0.188 e. The quantitative estimate of drug-likeness (QED) is 0.615. The lowest BCUT2D eigenvalue weighted by Gasteiger charge is -2.17. The van der Waals surface area contributed by atoms with Crippen LogP contribution in [0.4, 0.5) is 0 Å². The second kappa shape index (κ2) is 6.24. The summed E-state index contributed by atoms with van der Waals surface area (Å²) < 4.78 is 16.1. The monoisotopic (exact) mass is 294 g/mol. The van der Waals surface area contributed by atoms with Crippen molar-refractivity contribution < 1.29 is 19.3 Å². The average Bonchev–Trinajstić information content (AvgIpc) is 3.02. The van der Waals surface area contributed by atoms with Gasteiger partial charge in [0.1, 0.15) is 11.5 Å². The predicted molar refractivity (Wildman–Crippen MR) is 81.9 cm³/mol. The van der Waals surface area contributed by atoms with Crippen molar-refractivity contribution in [3.05, 3.63) is 23.3 Å². The number of rotatable bonds is 7. The van der Waals surface area contributed by atoms with Gasteiger partial charge in [-0.1, -0.05) is 6.92 Å². The minimum Gasteiger partial charge on any atom is -0.508 e.